The van der Waals surface area contributed by atoms with E-state index in [0.29, 0.717) is 17.2 Å². The number of carbonyl (C=O) groups excluding carboxylic acids is 1. The zero-order valence-electron chi connectivity index (χ0n) is 16.7. The summed E-state index contributed by atoms with van der Waals surface area (Å²) in [6.45, 7) is 4.58. The number of rotatable bonds is 6. The fourth-order valence-corrected chi connectivity index (χ4v) is 3.61. The van der Waals surface area contributed by atoms with Gasteiger partial charge in [-0.15, -0.1) is 0 Å². The van der Waals surface area contributed by atoms with Crippen LogP contribution >= 0.6 is 11.6 Å². The monoisotopic (exact) mass is 421 g/mol. The molecule has 3 aromatic rings. The van der Waals surface area contributed by atoms with E-state index in [0.717, 1.165) is 44.0 Å². The quantitative estimate of drug-likeness (QED) is 0.596. The molecule has 154 valence electrons. The molecule has 2 heterocycles. The third-order valence-corrected chi connectivity index (χ3v) is 5.49. The first-order valence-corrected chi connectivity index (χ1v) is 10.4. The van der Waals surface area contributed by atoms with Gasteiger partial charge in [-0.2, -0.15) is 0 Å². The fraction of sp³-hybridized carbons (Fsp3) is 0.250. The maximum absolute atomic E-state index is 12.6. The van der Waals surface area contributed by atoms with Crippen LogP contribution in [0.15, 0.2) is 73.1 Å². The lowest BCUT2D eigenvalue weighted by Crippen LogP contribution is -2.48. The van der Waals surface area contributed by atoms with Gasteiger partial charge in [-0.25, -0.2) is 0 Å². The average Bonchev–Trinajstić information content (AvgIpc) is 2.80. The van der Waals surface area contributed by atoms with Gasteiger partial charge in [0.1, 0.15) is 12.4 Å². The predicted octanol–water partition coefficient (Wildman–Crippen LogP) is 4.27. The summed E-state index contributed by atoms with van der Waals surface area (Å²) in [5.74, 6) is 0.927. The van der Waals surface area contributed by atoms with Crippen molar-refractivity contribution >= 4 is 17.5 Å². The van der Waals surface area contributed by atoms with Crippen molar-refractivity contribution in [2.75, 3.05) is 26.2 Å². The van der Waals surface area contributed by atoms with Gasteiger partial charge in [0, 0.05) is 55.7 Å². The second kappa shape index (κ2) is 9.74. The maximum atomic E-state index is 12.6. The van der Waals surface area contributed by atoms with Gasteiger partial charge >= 0.3 is 0 Å². The number of piperazine rings is 1. The number of benzene rings is 2. The molecule has 0 saturated carbocycles. The first kappa shape index (κ1) is 20.4. The summed E-state index contributed by atoms with van der Waals surface area (Å²) in [4.78, 5) is 20.9. The second-order valence-electron chi connectivity index (χ2n) is 7.36. The normalized spacial score (nSPS) is 14.5. The summed E-state index contributed by atoms with van der Waals surface area (Å²) in [5.41, 5.74) is 3.03. The van der Waals surface area contributed by atoms with Crippen LogP contribution in [0.25, 0.3) is 0 Å². The third kappa shape index (κ3) is 5.38. The Kier molecular flexibility index (Phi) is 6.62. The maximum Gasteiger partial charge on any atom is 0.253 e. The van der Waals surface area contributed by atoms with Crippen LogP contribution < -0.4 is 4.74 Å². The fourth-order valence-electron chi connectivity index (χ4n) is 3.48. The molecule has 1 amide bonds. The minimum atomic E-state index is 0.0713. The van der Waals surface area contributed by atoms with Crippen molar-refractivity contribution < 1.29 is 9.53 Å². The molecule has 0 atom stereocenters. The van der Waals surface area contributed by atoms with Gasteiger partial charge in [-0.05, 0) is 59.7 Å². The molecule has 0 bridgehead atoms. The number of ether oxygens (including phenoxy) is 1. The van der Waals surface area contributed by atoms with E-state index < -0.39 is 0 Å². The molecule has 1 aromatic heterocycles. The van der Waals surface area contributed by atoms with E-state index in [4.69, 9.17) is 16.3 Å². The molecule has 1 aliphatic heterocycles. The van der Waals surface area contributed by atoms with Gasteiger partial charge in [0.25, 0.3) is 5.91 Å². The van der Waals surface area contributed by atoms with Crippen LogP contribution in [-0.2, 0) is 13.2 Å². The molecule has 1 aliphatic rings. The van der Waals surface area contributed by atoms with Crippen molar-refractivity contribution in [3.05, 3.63) is 94.8 Å². The van der Waals surface area contributed by atoms with E-state index in [2.05, 4.69) is 22.0 Å². The molecule has 0 spiro atoms. The molecular weight excluding hydrogens is 398 g/mol. The highest BCUT2D eigenvalue weighted by Gasteiger charge is 2.22. The SMILES string of the molecule is O=C(c1ccc(Cl)cc1)N1CCN(Cc2ccc(OCc3ccncc3)cc2)CC1. The van der Waals surface area contributed by atoms with Crippen molar-refractivity contribution in [3.8, 4) is 5.75 Å². The van der Waals surface area contributed by atoms with Gasteiger partial charge in [-0.1, -0.05) is 23.7 Å². The molecule has 2 aromatic carbocycles. The van der Waals surface area contributed by atoms with Crippen LogP contribution in [-0.4, -0.2) is 46.9 Å². The van der Waals surface area contributed by atoms with Crippen LogP contribution in [0.3, 0.4) is 0 Å². The molecule has 5 nitrogen and oxygen atoms in total. The molecule has 1 fully saturated rings. The third-order valence-electron chi connectivity index (χ3n) is 5.24. The molecule has 1 saturated heterocycles. The topological polar surface area (TPSA) is 45.7 Å². The Morgan fingerprint density at radius 3 is 2.20 bits per heavy atom. The summed E-state index contributed by atoms with van der Waals surface area (Å²) in [7, 11) is 0. The largest absolute Gasteiger partial charge is 0.489 e. The second-order valence-corrected chi connectivity index (χ2v) is 7.80. The van der Waals surface area contributed by atoms with Crippen molar-refractivity contribution in [1.82, 2.24) is 14.8 Å². The Balaban J connectivity index is 1.24. The Bertz CT molecular complexity index is 954. The number of hydrogen-bond donors (Lipinski definition) is 0. The molecule has 0 N–H and O–H groups in total. The summed E-state index contributed by atoms with van der Waals surface area (Å²) >= 11 is 5.91. The number of aromatic nitrogens is 1. The van der Waals surface area contributed by atoms with E-state index in [1.54, 1.807) is 36.7 Å². The van der Waals surface area contributed by atoms with Crippen LogP contribution in [0, 0.1) is 0 Å². The smallest absolute Gasteiger partial charge is 0.253 e. The molecule has 0 aliphatic carbocycles. The first-order chi connectivity index (χ1) is 14.7. The molecule has 6 heteroatoms. The standard InChI is InChI=1S/C24H24ClN3O2/c25-22-5-3-21(4-6-22)24(29)28-15-13-27(14-16-28)17-19-1-7-23(8-2-19)30-18-20-9-11-26-12-10-20/h1-12H,13-18H2. The number of pyridine rings is 1. The number of amides is 1. The van der Waals surface area contributed by atoms with Gasteiger partial charge < -0.3 is 9.64 Å². The lowest BCUT2D eigenvalue weighted by atomic mass is 10.1. The minimum Gasteiger partial charge on any atom is -0.489 e. The number of nitrogens with zero attached hydrogens (tertiary/aromatic N) is 3. The zero-order valence-corrected chi connectivity index (χ0v) is 17.5. The summed E-state index contributed by atoms with van der Waals surface area (Å²) in [6.07, 6.45) is 3.54. The van der Waals surface area contributed by atoms with Gasteiger partial charge in [0.05, 0.1) is 0 Å². The van der Waals surface area contributed by atoms with Crippen molar-refractivity contribution in [2.24, 2.45) is 0 Å². The van der Waals surface area contributed by atoms with Crippen molar-refractivity contribution in [3.63, 3.8) is 0 Å². The highest BCUT2D eigenvalue weighted by Crippen LogP contribution is 2.17. The van der Waals surface area contributed by atoms with E-state index in [1.807, 2.05) is 29.2 Å². The highest BCUT2D eigenvalue weighted by atomic mass is 35.5. The van der Waals surface area contributed by atoms with Crippen LogP contribution in [0.1, 0.15) is 21.5 Å². The number of hydrogen-bond acceptors (Lipinski definition) is 4. The van der Waals surface area contributed by atoms with Gasteiger partial charge in [-0.3, -0.25) is 14.7 Å². The number of carbonyl (C=O) groups is 1. The highest BCUT2D eigenvalue weighted by molar-refractivity contribution is 6.30. The summed E-state index contributed by atoms with van der Waals surface area (Å²) in [6, 6.07) is 19.2. The Morgan fingerprint density at radius 1 is 0.867 bits per heavy atom. The first-order valence-electron chi connectivity index (χ1n) is 10.1. The molecule has 30 heavy (non-hydrogen) atoms. The molecule has 4 rings (SSSR count). The lowest BCUT2D eigenvalue weighted by molar-refractivity contribution is 0.0628. The molecular formula is C24H24ClN3O2. The Hall–Kier alpha value is -2.89. The van der Waals surface area contributed by atoms with Crippen LogP contribution in [0.5, 0.6) is 5.75 Å². The van der Waals surface area contributed by atoms with E-state index >= 15 is 0 Å². The summed E-state index contributed by atoms with van der Waals surface area (Å²) < 4.78 is 5.83. The van der Waals surface area contributed by atoms with E-state index in [1.165, 1.54) is 5.56 Å². The van der Waals surface area contributed by atoms with Crippen molar-refractivity contribution in [2.45, 2.75) is 13.2 Å². The average molecular weight is 422 g/mol. The van der Waals surface area contributed by atoms with E-state index in [-0.39, 0.29) is 5.91 Å². The summed E-state index contributed by atoms with van der Waals surface area (Å²) in [5, 5.41) is 0.644. The Morgan fingerprint density at radius 2 is 1.53 bits per heavy atom. The zero-order chi connectivity index (χ0) is 20.8. The lowest BCUT2D eigenvalue weighted by Gasteiger charge is -2.34. The van der Waals surface area contributed by atoms with Crippen LogP contribution in [0.2, 0.25) is 5.02 Å². The minimum absolute atomic E-state index is 0.0713. The van der Waals surface area contributed by atoms with Crippen LogP contribution in [0.4, 0.5) is 0 Å². The predicted molar refractivity (Wildman–Crippen MR) is 118 cm³/mol. The molecule has 0 radical (unpaired) electrons. The van der Waals surface area contributed by atoms with Gasteiger partial charge in [0.2, 0.25) is 0 Å². The Labute approximate surface area is 181 Å². The number of halogens is 1. The van der Waals surface area contributed by atoms with Crippen molar-refractivity contribution in [1.29, 1.82) is 0 Å². The van der Waals surface area contributed by atoms with Gasteiger partial charge in [0.15, 0.2) is 0 Å². The molecule has 0 unspecified atom stereocenters. The van der Waals surface area contributed by atoms with E-state index in [9.17, 15) is 4.79 Å².